The molecule has 0 aliphatic carbocycles. The Morgan fingerprint density at radius 1 is 1.05 bits per heavy atom. The monoisotopic (exact) mass is 439 g/mol. The lowest BCUT2D eigenvalue weighted by Crippen LogP contribution is -2.12. The van der Waals surface area contributed by atoms with E-state index in [4.69, 9.17) is 11.6 Å². The van der Waals surface area contributed by atoms with Crippen LogP contribution in [0.4, 0.5) is 5.69 Å². The highest BCUT2D eigenvalue weighted by Gasteiger charge is 2.13. The molecule has 1 N–H and O–H groups in total. The van der Waals surface area contributed by atoms with Gasteiger partial charge in [-0.2, -0.15) is 0 Å². The van der Waals surface area contributed by atoms with Crippen molar-refractivity contribution in [3.63, 3.8) is 0 Å². The lowest BCUT2D eigenvalue weighted by atomic mass is 10.0. The molecule has 3 rings (SSSR count). The number of halogens is 2. The van der Waals surface area contributed by atoms with Crippen molar-refractivity contribution in [1.82, 2.24) is 0 Å². The van der Waals surface area contributed by atoms with Crippen molar-refractivity contribution in [2.24, 2.45) is 0 Å². The van der Waals surface area contributed by atoms with Crippen LogP contribution in [-0.2, 0) is 0 Å². The van der Waals surface area contributed by atoms with Crippen LogP contribution in [0.15, 0.2) is 60.0 Å². The number of para-hydroxylation sites is 1. The van der Waals surface area contributed by atoms with E-state index < -0.39 is 0 Å². The summed E-state index contributed by atoms with van der Waals surface area (Å²) >= 11 is 9.68. The molecule has 22 heavy (non-hydrogen) atoms. The van der Waals surface area contributed by atoms with Gasteiger partial charge in [0.25, 0.3) is 5.91 Å². The predicted molar refractivity (Wildman–Crippen MR) is 102 cm³/mol. The molecule has 1 heterocycles. The number of amides is 1. The summed E-state index contributed by atoms with van der Waals surface area (Å²) < 4.78 is 0.985. The van der Waals surface area contributed by atoms with Gasteiger partial charge >= 0.3 is 0 Å². The van der Waals surface area contributed by atoms with Gasteiger partial charge in [0, 0.05) is 16.3 Å². The zero-order chi connectivity index (χ0) is 15.5. The number of carbonyl (C=O) groups is 1. The molecule has 1 amide bonds. The summed E-state index contributed by atoms with van der Waals surface area (Å²) in [6.07, 6.45) is 0. The number of anilines is 1. The Kier molecular flexibility index (Phi) is 4.81. The highest BCUT2D eigenvalue weighted by Crippen LogP contribution is 2.29. The summed E-state index contributed by atoms with van der Waals surface area (Å²) in [5.74, 6) is -0.0907. The molecule has 0 saturated carbocycles. The molecule has 5 heteroatoms. The highest BCUT2D eigenvalue weighted by atomic mass is 127. The first kappa shape index (κ1) is 15.5. The smallest absolute Gasteiger partial charge is 0.257 e. The second kappa shape index (κ2) is 6.81. The molecular formula is C17H11ClINOS. The van der Waals surface area contributed by atoms with Crippen LogP contribution >= 0.6 is 45.5 Å². The molecule has 1 aromatic heterocycles. The molecule has 0 aliphatic heterocycles. The van der Waals surface area contributed by atoms with Gasteiger partial charge in [-0.3, -0.25) is 4.79 Å². The first-order valence-corrected chi connectivity index (χ1v) is 8.88. The van der Waals surface area contributed by atoms with Crippen molar-refractivity contribution < 1.29 is 4.79 Å². The van der Waals surface area contributed by atoms with Crippen LogP contribution in [-0.4, -0.2) is 5.91 Å². The van der Waals surface area contributed by atoms with Gasteiger partial charge in [0.1, 0.15) is 0 Å². The first-order chi connectivity index (χ1) is 10.6. The molecule has 0 bridgehead atoms. The summed E-state index contributed by atoms with van der Waals surface area (Å²) in [5, 5.41) is 5.61. The number of thiophene rings is 1. The summed E-state index contributed by atoms with van der Waals surface area (Å²) in [7, 11) is 0. The van der Waals surface area contributed by atoms with Crippen molar-refractivity contribution in [2.75, 3.05) is 5.32 Å². The molecule has 0 fully saturated rings. The van der Waals surface area contributed by atoms with E-state index in [-0.39, 0.29) is 5.91 Å². The maximum atomic E-state index is 12.4. The predicted octanol–water partition coefficient (Wildman–Crippen LogP) is 5.93. The molecule has 0 unspecified atom stereocenters. The van der Waals surface area contributed by atoms with Gasteiger partial charge in [0.05, 0.1) is 8.45 Å². The second-order valence-corrected chi connectivity index (χ2v) is 7.78. The average molecular weight is 440 g/mol. The lowest BCUT2D eigenvalue weighted by Gasteiger charge is -2.11. The quantitative estimate of drug-likeness (QED) is 0.504. The van der Waals surface area contributed by atoms with Crippen LogP contribution in [0, 0.1) is 2.88 Å². The van der Waals surface area contributed by atoms with E-state index in [1.54, 1.807) is 11.3 Å². The molecule has 0 spiro atoms. The molecule has 0 atom stereocenters. The third kappa shape index (κ3) is 3.34. The molecular weight excluding hydrogens is 429 g/mol. The van der Waals surface area contributed by atoms with E-state index in [1.165, 1.54) is 0 Å². The zero-order valence-corrected chi connectivity index (χ0v) is 15.1. The van der Waals surface area contributed by atoms with Crippen LogP contribution in [0.5, 0.6) is 0 Å². The Hall–Kier alpha value is -1.37. The van der Waals surface area contributed by atoms with Gasteiger partial charge in [-0.1, -0.05) is 41.9 Å². The molecule has 110 valence electrons. The van der Waals surface area contributed by atoms with Crippen LogP contribution < -0.4 is 5.32 Å². The van der Waals surface area contributed by atoms with E-state index in [1.807, 2.05) is 60.0 Å². The SMILES string of the molecule is O=C(Nc1ccccc1-c1ccc(Cl)cc1)c1ccsc1I. The fourth-order valence-corrected chi connectivity index (χ4v) is 3.72. The second-order valence-electron chi connectivity index (χ2n) is 4.61. The van der Waals surface area contributed by atoms with E-state index >= 15 is 0 Å². The molecule has 0 aliphatic rings. The molecule has 2 aromatic carbocycles. The van der Waals surface area contributed by atoms with Gasteiger partial charge in [-0.15, -0.1) is 11.3 Å². The summed E-state index contributed by atoms with van der Waals surface area (Å²) in [6.45, 7) is 0. The number of carbonyl (C=O) groups excluding carboxylic acids is 1. The number of hydrogen-bond acceptors (Lipinski definition) is 2. The first-order valence-electron chi connectivity index (χ1n) is 6.54. The minimum atomic E-state index is -0.0907. The van der Waals surface area contributed by atoms with Crippen molar-refractivity contribution in [3.05, 3.63) is 73.4 Å². The number of rotatable bonds is 3. The summed E-state index contributed by atoms with van der Waals surface area (Å²) in [4.78, 5) is 12.4. The van der Waals surface area contributed by atoms with E-state index in [0.29, 0.717) is 10.6 Å². The largest absolute Gasteiger partial charge is 0.321 e. The normalized spacial score (nSPS) is 10.5. The highest BCUT2D eigenvalue weighted by molar-refractivity contribution is 14.1. The summed E-state index contributed by atoms with van der Waals surface area (Å²) in [6, 6.07) is 17.2. The zero-order valence-electron chi connectivity index (χ0n) is 11.3. The van der Waals surface area contributed by atoms with Crippen molar-refractivity contribution >= 4 is 57.1 Å². The Labute approximate surface area is 151 Å². The van der Waals surface area contributed by atoms with Crippen LogP contribution in [0.25, 0.3) is 11.1 Å². The topological polar surface area (TPSA) is 29.1 Å². The maximum absolute atomic E-state index is 12.4. The fourth-order valence-electron chi connectivity index (χ4n) is 2.12. The minimum Gasteiger partial charge on any atom is -0.321 e. The van der Waals surface area contributed by atoms with E-state index in [0.717, 1.165) is 19.7 Å². The molecule has 2 nitrogen and oxygen atoms in total. The van der Waals surface area contributed by atoms with E-state index in [9.17, 15) is 4.79 Å². The van der Waals surface area contributed by atoms with Crippen LogP contribution in [0.3, 0.4) is 0 Å². The molecule has 3 aromatic rings. The standard InChI is InChI=1S/C17H11ClINOS/c18-12-7-5-11(6-8-12)13-3-1-2-4-15(13)20-17(21)14-9-10-22-16(14)19/h1-10H,(H,20,21). The van der Waals surface area contributed by atoms with Crippen LogP contribution in [0.2, 0.25) is 5.02 Å². The van der Waals surface area contributed by atoms with Gasteiger partial charge in [0.15, 0.2) is 0 Å². The third-order valence-corrected chi connectivity index (χ3v) is 5.49. The summed E-state index contributed by atoms with van der Waals surface area (Å²) in [5.41, 5.74) is 3.48. The van der Waals surface area contributed by atoms with Gasteiger partial charge in [0.2, 0.25) is 0 Å². The van der Waals surface area contributed by atoms with Crippen LogP contribution in [0.1, 0.15) is 10.4 Å². The Morgan fingerprint density at radius 2 is 1.77 bits per heavy atom. The number of hydrogen-bond donors (Lipinski definition) is 1. The fraction of sp³-hybridized carbons (Fsp3) is 0. The Balaban J connectivity index is 1.93. The molecule has 0 saturated heterocycles. The van der Waals surface area contributed by atoms with Crippen molar-refractivity contribution in [1.29, 1.82) is 0 Å². The number of benzene rings is 2. The van der Waals surface area contributed by atoms with Gasteiger partial charge in [-0.25, -0.2) is 0 Å². The van der Waals surface area contributed by atoms with Gasteiger partial charge < -0.3 is 5.32 Å². The minimum absolute atomic E-state index is 0.0907. The third-order valence-electron chi connectivity index (χ3n) is 3.19. The van der Waals surface area contributed by atoms with Gasteiger partial charge in [-0.05, 0) is 57.8 Å². The average Bonchev–Trinajstić information content (AvgIpc) is 2.95. The maximum Gasteiger partial charge on any atom is 0.257 e. The molecule has 0 radical (unpaired) electrons. The van der Waals surface area contributed by atoms with Crippen molar-refractivity contribution in [2.45, 2.75) is 0 Å². The number of nitrogens with one attached hydrogen (secondary N) is 1. The Bertz CT molecular complexity index is 814. The van der Waals surface area contributed by atoms with Crippen molar-refractivity contribution in [3.8, 4) is 11.1 Å². The Morgan fingerprint density at radius 3 is 2.45 bits per heavy atom. The lowest BCUT2D eigenvalue weighted by molar-refractivity contribution is 0.102. The van der Waals surface area contributed by atoms with E-state index in [2.05, 4.69) is 27.9 Å².